The highest BCUT2D eigenvalue weighted by atomic mass is 79.9. The lowest BCUT2D eigenvalue weighted by Gasteiger charge is -2.27. The third-order valence-corrected chi connectivity index (χ3v) is 4.50. The highest BCUT2D eigenvalue weighted by molar-refractivity contribution is 9.10. The van der Waals surface area contributed by atoms with E-state index in [9.17, 15) is 9.90 Å². The Morgan fingerprint density at radius 3 is 2.04 bits per heavy atom. The minimum absolute atomic E-state index is 0.230. The van der Waals surface area contributed by atoms with Crippen LogP contribution in [-0.4, -0.2) is 37.4 Å². The largest absolute Gasteiger partial charge is 0.495 e. The fraction of sp³-hybridized carbons (Fsp3) is 0.588. The molecule has 0 aromatic heterocycles. The molecular formula is C17H26BrNO4. The summed E-state index contributed by atoms with van der Waals surface area (Å²) in [7, 11) is 3.06. The van der Waals surface area contributed by atoms with Crippen LogP contribution in [0.4, 0.5) is 0 Å². The zero-order chi connectivity index (χ0) is 17.5. The third kappa shape index (κ3) is 5.39. The Hall–Kier alpha value is -1.27. The van der Waals surface area contributed by atoms with Gasteiger partial charge in [0.2, 0.25) is 0 Å². The van der Waals surface area contributed by atoms with E-state index in [0.29, 0.717) is 34.4 Å². The molecule has 5 nitrogen and oxygen atoms in total. The summed E-state index contributed by atoms with van der Waals surface area (Å²) >= 11 is 3.37. The molecule has 0 fully saturated rings. The van der Waals surface area contributed by atoms with E-state index in [1.54, 1.807) is 12.1 Å². The first-order chi connectivity index (χ1) is 10.9. The Morgan fingerprint density at radius 2 is 1.65 bits per heavy atom. The average molecular weight is 388 g/mol. The molecule has 1 rings (SSSR count). The maximum atomic E-state index is 12.4. The molecule has 0 spiro atoms. The number of ether oxygens (including phenoxy) is 2. The Kier molecular flexibility index (Phi) is 7.85. The van der Waals surface area contributed by atoms with Gasteiger partial charge in [-0.05, 0) is 40.9 Å². The first-order valence-corrected chi connectivity index (χ1v) is 8.62. The molecule has 0 atom stereocenters. The molecule has 0 saturated heterocycles. The zero-order valence-corrected chi connectivity index (χ0v) is 15.8. The van der Waals surface area contributed by atoms with Crippen molar-refractivity contribution in [2.45, 2.75) is 45.1 Å². The fourth-order valence-corrected chi connectivity index (χ4v) is 3.13. The van der Waals surface area contributed by atoms with Crippen molar-refractivity contribution >= 4 is 21.8 Å². The number of hydrogen-bond donors (Lipinski definition) is 2. The van der Waals surface area contributed by atoms with Crippen LogP contribution in [-0.2, 0) is 0 Å². The topological polar surface area (TPSA) is 67.8 Å². The second-order valence-corrected chi connectivity index (χ2v) is 6.39. The summed E-state index contributed by atoms with van der Waals surface area (Å²) in [5.74, 6) is 0.776. The second kappa shape index (κ2) is 9.13. The maximum Gasteiger partial charge on any atom is 0.251 e. The third-order valence-electron chi connectivity index (χ3n) is 3.72. The van der Waals surface area contributed by atoms with Crippen LogP contribution in [0.1, 0.15) is 49.9 Å². The number of carbonyl (C=O) groups is 1. The van der Waals surface area contributed by atoms with Crippen LogP contribution in [0.2, 0.25) is 0 Å². The number of halogens is 1. The van der Waals surface area contributed by atoms with Crippen LogP contribution in [0.3, 0.4) is 0 Å². The van der Waals surface area contributed by atoms with Crippen molar-refractivity contribution in [2.24, 2.45) is 0 Å². The summed E-state index contributed by atoms with van der Waals surface area (Å²) in [4.78, 5) is 12.4. The minimum Gasteiger partial charge on any atom is -0.495 e. The zero-order valence-electron chi connectivity index (χ0n) is 14.2. The van der Waals surface area contributed by atoms with Gasteiger partial charge in [-0.25, -0.2) is 0 Å². The Balaban J connectivity index is 2.89. The van der Waals surface area contributed by atoms with Crippen LogP contribution < -0.4 is 14.8 Å². The maximum absolute atomic E-state index is 12.4. The number of nitrogens with one attached hydrogen (secondary N) is 1. The van der Waals surface area contributed by atoms with E-state index in [1.807, 2.05) is 13.8 Å². The van der Waals surface area contributed by atoms with E-state index in [1.165, 1.54) is 14.2 Å². The monoisotopic (exact) mass is 387 g/mol. The van der Waals surface area contributed by atoms with Gasteiger partial charge in [-0.3, -0.25) is 4.79 Å². The molecule has 6 heteroatoms. The number of methoxy groups -OCH3 is 2. The average Bonchev–Trinajstić information content (AvgIpc) is 2.53. The summed E-state index contributed by atoms with van der Waals surface area (Å²) in [5.41, 5.74) is -0.430. The number of hydrogen-bond acceptors (Lipinski definition) is 4. The molecule has 2 N–H and O–H groups in total. The first kappa shape index (κ1) is 19.8. The summed E-state index contributed by atoms with van der Waals surface area (Å²) in [6, 6.07) is 3.28. The van der Waals surface area contributed by atoms with E-state index in [4.69, 9.17) is 9.47 Å². The van der Waals surface area contributed by atoms with Crippen molar-refractivity contribution in [3.8, 4) is 11.5 Å². The Labute approximate surface area is 146 Å². The lowest BCUT2D eigenvalue weighted by Crippen LogP contribution is -2.42. The van der Waals surface area contributed by atoms with E-state index >= 15 is 0 Å². The molecule has 0 bridgehead atoms. The van der Waals surface area contributed by atoms with Crippen molar-refractivity contribution in [1.82, 2.24) is 5.32 Å². The van der Waals surface area contributed by atoms with E-state index in [0.717, 1.165) is 12.8 Å². The van der Waals surface area contributed by atoms with Gasteiger partial charge in [-0.2, -0.15) is 0 Å². The highest BCUT2D eigenvalue weighted by Crippen LogP contribution is 2.35. The number of rotatable bonds is 9. The molecule has 1 aromatic carbocycles. The molecule has 0 radical (unpaired) electrons. The fourth-order valence-electron chi connectivity index (χ4n) is 2.58. The Bertz CT molecular complexity index is 502. The first-order valence-electron chi connectivity index (χ1n) is 7.82. The summed E-state index contributed by atoms with van der Waals surface area (Å²) < 4.78 is 11.1. The number of carbonyl (C=O) groups excluding carboxylic acids is 1. The molecule has 1 aromatic rings. The molecule has 0 aliphatic carbocycles. The van der Waals surface area contributed by atoms with Crippen LogP contribution in [0.25, 0.3) is 0 Å². The normalized spacial score (nSPS) is 11.2. The van der Waals surface area contributed by atoms with Gasteiger partial charge in [-0.1, -0.05) is 26.7 Å². The molecule has 0 aliphatic heterocycles. The van der Waals surface area contributed by atoms with Crippen LogP contribution in [0.5, 0.6) is 11.5 Å². The van der Waals surface area contributed by atoms with Crippen LogP contribution in [0.15, 0.2) is 16.6 Å². The standard InChI is InChI=1S/C17H26BrNO4/c1-5-7-17(21,8-6-2)11-19-16(20)12-9-13(22-3)15(18)14(10-12)23-4/h9-10,21H,5-8,11H2,1-4H3,(H,19,20). The van der Waals surface area contributed by atoms with Gasteiger partial charge in [-0.15, -0.1) is 0 Å². The van der Waals surface area contributed by atoms with Crippen molar-refractivity contribution < 1.29 is 19.4 Å². The van der Waals surface area contributed by atoms with Gasteiger partial charge in [0, 0.05) is 12.1 Å². The smallest absolute Gasteiger partial charge is 0.251 e. The quantitative estimate of drug-likeness (QED) is 0.679. The molecule has 0 saturated carbocycles. The molecular weight excluding hydrogens is 362 g/mol. The summed E-state index contributed by atoms with van der Waals surface area (Å²) in [6.45, 7) is 4.27. The lowest BCUT2D eigenvalue weighted by molar-refractivity contribution is 0.0213. The van der Waals surface area contributed by atoms with Gasteiger partial charge < -0.3 is 19.9 Å². The van der Waals surface area contributed by atoms with Crippen molar-refractivity contribution in [3.63, 3.8) is 0 Å². The van der Waals surface area contributed by atoms with Crippen molar-refractivity contribution in [1.29, 1.82) is 0 Å². The number of benzene rings is 1. The second-order valence-electron chi connectivity index (χ2n) is 5.60. The van der Waals surface area contributed by atoms with Gasteiger partial charge in [0.25, 0.3) is 5.91 Å². The minimum atomic E-state index is -0.858. The number of aliphatic hydroxyl groups is 1. The molecule has 130 valence electrons. The summed E-state index contributed by atoms with van der Waals surface area (Å²) in [6.07, 6.45) is 3.06. The van der Waals surface area contributed by atoms with Gasteiger partial charge in [0.15, 0.2) is 0 Å². The van der Waals surface area contributed by atoms with E-state index in [-0.39, 0.29) is 12.5 Å². The highest BCUT2D eigenvalue weighted by Gasteiger charge is 2.26. The molecule has 0 unspecified atom stereocenters. The van der Waals surface area contributed by atoms with Crippen molar-refractivity contribution in [3.05, 3.63) is 22.2 Å². The predicted molar refractivity (Wildman–Crippen MR) is 94.3 cm³/mol. The van der Waals surface area contributed by atoms with Gasteiger partial charge in [0.1, 0.15) is 16.0 Å². The van der Waals surface area contributed by atoms with E-state index < -0.39 is 5.60 Å². The van der Waals surface area contributed by atoms with E-state index in [2.05, 4.69) is 21.2 Å². The molecule has 1 amide bonds. The van der Waals surface area contributed by atoms with Crippen LogP contribution in [0, 0.1) is 0 Å². The van der Waals surface area contributed by atoms with Gasteiger partial charge in [0.05, 0.1) is 19.8 Å². The summed E-state index contributed by atoms with van der Waals surface area (Å²) in [5, 5.41) is 13.4. The predicted octanol–water partition coefficient (Wildman–Crippen LogP) is 3.53. The SMILES string of the molecule is CCCC(O)(CCC)CNC(=O)c1cc(OC)c(Br)c(OC)c1. The lowest BCUT2D eigenvalue weighted by atomic mass is 9.92. The molecule has 23 heavy (non-hydrogen) atoms. The molecule has 0 heterocycles. The number of amides is 1. The van der Waals surface area contributed by atoms with Gasteiger partial charge >= 0.3 is 0 Å². The van der Waals surface area contributed by atoms with Crippen LogP contribution >= 0.6 is 15.9 Å². The Morgan fingerprint density at radius 1 is 1.17 bits per heavy atom. The van der Waals surface area contributed by atoms with Crippen molar-refractivity contribution in [2.75, 3.05) is 20.8 Å². The molecule has 0 aliphatic rings.